The Labute approximate surface area is 118 Å². The van der Waals surface area contributed by atoms with Gasteiger partial charge in [0.1, 0.15) is 0 Å². The normalized spacial score (nSPS) is 25.3. The van der Waals surface area contributed by atoms with Gasteiger partial charge >= 0.3 is 0 Å². The highest BCUT2D eigenvalue weighted by Crippen LogP contribution is 2.39. The van der Waals surface area contributed by atoms with Gasteiger partial charge in [0.2, 0.25) is 5.91 Å². The van der Waals surface area contributed by atoms with Crippen LogP contribution in [0, 0.1) is 0 Å². The zero-order chi connectivity index (χ0) is 13.1. The largest absolute Gasteiger partial charge is 0.355 e. The Hall–Kier alpha value is -1.00. The summed E-state index contributed by atoms with van der Waals surface area (Å²) in [5.41, 5.74) is 1.20. The van der Waals surface area contributed by atoms with Gasteiger partial charge in [0.05, 0.1) is 5.92 Å². The lowest BCUT2D eigenvalue weighted by atomic mass is 10.0. The summed E-state index contributed by atoms with van der Waals surface area (Å²) in [6, 6.07) is 8.85. The number of rotatable bonds is 4. The average molecular weight is 276 g/mol. The van der Waals surface area contributed by atoms with Gasteiger partial charge in [-0.25, -0.2) is 0 Å². The molecule has 1 amide bonds. The Balaban J connectivity index is 1.51. The summed E-state index contributed by atoms with van der Waals surface area (Å²) in [7, 11) is 0. The van der Waals surface area contributed by atoms with Crippen LogP contribution in [0.1, 0.15) is 30.7 Å². The Morgan fingerprint density at radius 3 is 3.16 bits per heavy atom. The van der Waals surface area contributed by atoms with Gasteiger partial charge in [-0.1, -0.05) is 18.2 Å². The highest BCUT2D eigenvalue weighted by Gasteiger charge is 2.28. The molecule has 19 heavy (non-hydrogen) atoms. The van der Waals surface area contributed by atoms with Crippen molar-refractivity contribution in [2.75, 3.05) is 18.8 Å². The van der Waals surface area contributed by atoms with E-state index in [2.05, 4.69) is 22.8 Å². The third-order valence-corrected chi connectivity index (χ3v) is 5.15. The van der Waals surface area contributed by atoms with E-state index >= 15 is 0 Å². The van der Waals surface area contributed by atoms with Crippen LogP contribution in [0.2, 0.25) is 0 Å². The third-order valence-electron chi connectivity index (χ3n) is 3.97. The van der Waals surface area contributed by atoms with Crippen molar-refractivity contribution in [3.63, 3.8) is 0 Å². The zero-order valence-corrected chi connectivity index (χ0v) is 11.8. The van der Waals surface area contributed by atoms with Crippen LogP contribution in [0.15, 0.2) is 29.2 Å². The number of fused-ring (bicyclic) bond motifs is 1. The van der Waals surface area contributed by atoms with Crippen molar-refractivity contribution in [2.45, 2.75) is 36.1 Å². The van der Waals surface area contributed by atoms with Crippen LogP contribution in [-0.4, -0.2) is 30.8 Å². The molecule has 0 radical (unpaired) electrons. The summed E-state index contributed by atoms with van der Waals surface area (Å²) < 4.78 is 0. The van der Waals surface area contributed by atoms with Crippen LogP contribution in [0.3, 0.4) is 0 Å². The van der Waals surface area contributed by atoms with Crippen molar-refractivity contribution in [1.82, 2.24) is 10.6 Å². The number of hydrogen-bond acceptors (Lipinski definition) is 3. The number of benzene rings is 1. The van der Waals surface area contributed by atoms with Gasteiger partial charge < -0.3 is 10.6 Å². The Morgan fingerprint density at radius 1 is 1.42 bits per heavy atom. The molecule has 4 heteroatoms. The minimum Gasteiger partial charge on any atom is -0.355 e. The molecule has 0 bridgehead atoms. The van der Waals surface area contributed by atoms with Gasteiger partial charge in [-0.15, -0.1) is 11.8 Å². The summed E-state index contributed by atoms with van der Waals surface area (Å²) >= 11 is 1.79. The van der Waals surface area contributed by atoms with E-state index in [0.29, 0.717) is 6.04 Å². The van der Waals surface area contributed by atoms with E-state index in [0.717, 1.165) is 25.3 Å². The van der Waals surface area contributed by atoms with Crippen molar-refractivity contribution in [2.24, 2.45) is 0 Å². The van der Waals surface area contributed by atoms with Crippen LogP contribution in [-0.2, 0) is 4.79 Å². The molecule has 1 fully saturated rings. The van der Waals surface area contributed by atoms with Gasteiger partial charge in [0.25, 0.3) is 0 Å². The van der Waals surface area contributed by atoms with Crippen LogP contribution in [0.5, 0.6) is 0 Å². The van der Waals surface area contributed by atoms with Crippen molar-refractivity contribution < 1.29 is 4.79 Å². The standard InChI is InChI=1S/C15H20N2OS/c18-15(17-9-7-11-4-3-8-16-11)13-10-19-14-6-2-1-5-12(13)14/h1-2,5-6,11,13,16H,3-4,7-10H2,(H,17,18)/t11-,13?/m1/s1. The summed E-state index contributed by atoms with van der Waals surface area (Å²) in [5.74, 6) is 1.11. The van der Waals surface area contributed by atoms with Crippen LogP contribution >= 0.6 is 11.8 Å². The molecule has 0 spiro atoms. The summed E-state index contributed by atoms with van der Waals surface area (Å²) in [6.45, 7) is 1.92. The summed E-state index contributed by atoms with van der Waals surface area (Å²) in [4.78, 5) is 13.5. The third kappa shape index (κ3) is 2.95. The van der Waals surface area contributed by atoms with E-state index < -0.39 is 0 Å². The molecule has 1 aromatic carbocycles. The van der Waals surface area contributed by atoms with Crippen LogP contribution in [0.4, 0.5) is 0 Å². The molecule has 2 atom stereocenters. The van der Waals surface area contributed by atoms with E-state index in [1.807, 2.05) is 12.1 Å². The quantitative estimate of drug-likeness (QED) is 0.885. The predicted molar refractivity (Wildman–Crippen MR) is 78.6 cm³/mol. The molecule has 102 valence electrons. The molecule has 3 rings (SSSR count). The first-order chi connectivity index (χ1) is 9.34. The molecule has 2 aliphatic heterocycles. The Kier molecular flexibility index (Phi) is 4.09. The van der Waals surface area contributed by atoms with E-state index in [1.54, 1.807) is 11.8 Å². The second-order valence-electron chi connectivity index (χ2n) is 5.27. The molecule has 0 aliphatic carbocycles. The lowest BCUT2D eigenvalue weighted by Gasteiger charge is -2.14. The summed E-state index contributed by atoms with van der Waals surface area (Å²) in [6.07, 6.45) is 3.57. The van der Waals surface area contributed by atoms with Gasteiger partial charge in [0.15, 0.2) is 0 Å². The van der Waals surface area contributed by atoms with E-state index in [4.69, 9.17) is 0 Å². The molecule has 3 nitrogen and oxygen atoms in total. The zero-order valence-electron chi connectivity index (χ0n) is 11.0. The first-order valence-corrected chi connectivity index (χ1v) is 8.06. The average Bonchev–Trinajstić information content (AvgIpc) is 3.07. The fourth-order valence-corrected chi connectivity index (χ4v) is 4.10. The summed E-state index contributed by atoms with van der Waals surface area (Å²) in [5, 5.41) is 6.56. The van der Waals surface area contributed by atoms with Crippen molar-refractivity contribution in [3.8, 4) is 0 Å². The topological polar surface area (TPSA) is 41.1 Å². The van der Waals surface area contributed by atoms with Crippen LogP contribution < -0.4 is 10.6 Å². The minimum absolute atomic E-state index is 0.0396. The number of carbonyl (C=O) groups is 1. The second-order valence-corrected chi connectivity index (χ2v) is 6.34. The maximum atomic E-state index is 12.2. The molecule has 0 saturated carbocycles. The molecular formula is C15H20N2OS. The van der Waals surface area contributed by atoms with Crippen molar-refractivity contribution in [3.05, 3.63) is 29.8 Å². The lowest BCUT2D eigenvalue weighted by Crippen LogP contribution is -2.33. The number of amides is 1. The molecule has 1 saturated heterocycles. The fourth-order valence-electron chi connectivity index (χ4n) is 2.88. The monoisotopic (exact) mass is 276 g/mol. The molecule has 0 aromatic heterocycles. The second kappa shape index (κ2) is 5.97. The number of thioether (sulfide) groups is 1. The molecule has 2 heterocycles. The molecule has 2 N–H and O–H groups in total. The molecular weight excluding hydrogens is 256 g/mol. The maximum absolute atomic E-state index is 12.2. The number of carbonyl (C=O) groups excluding carboxylic acids is 1. The number of hydrogen-bond donors (Lipinski definition) is 2. The van der Waals surface area contributed by atoms with E-state index in [-0.39, 0.29) is 11.8 Å². The number of nitrogens with one attached hydrogen (secondary N) is 2. The van der Waals surface area contributed by atoms with Crippen molar-refractivity contribution in [1.29, 1.82) is 0 Å². The SMILES string of the molecule is O=C(NCC[C@H]1CCCN1)C1CSc2ccccc21. The van der Waals surface area contributed by atoms with Gasteiger partial charge in [0, 0.05) is 23.2 Å². The lowest BCUT2D eigenvalue weighted by molar-refractivity contribution is -0.122. The predicted octanol–water partition coefficient (Wildman–Crippen LogP) is 2.13. The van der Waals surface area contributed by atoms with Crippen molar-refractivity contribution >= 4 is 17.7 Å². The van der Waals surface area contributed by atoms with E-state index in [1.165, 1.54) is 23.3 Å². The molecule has 1 unspecified atom stereocenters. The van der Waals surface area contributed by atoms with Crippen LogP contribution in [0.25, 0.3) is 0 Å². The van der Waals surface area contributed by atoms with Gasteiger partial charge in [-0.05, 0) is 37.4 Å². The Bertz CT molecular complexity index is 457. The first kappa shape index (κ1) is 13.0. The van der Waals surface area contributed by atoms with Gasteiger partial charge in [-0.2, -0.15) is 0 Å². The maximum Gasteiger partial charge on any atom is 0.228 e. The fraction of sp³-hybridized carbons (Fsp3) is 0.533. The minimum atomic E-state index is 0.0396. The Morgan fingerprint density at radius 2 is 2.32 bits per heavy atom. The highest BCUT2D eigenvalue weighted by atomic mass is 32.2. The first-order valence-electron chi connectivity index (χ1n) is 7.07. The van der Waals surface area contributed by atoms with Gasteiger partial charge in [-0.3, -0.25) is 4.79 Å². The molecule has 2 aliphatic rings. The highest BCUT2D eigenvalue weighted by molar-refractivity contribution is 7.99. The van der Waals surface area contributed by atoms with E-state index in [9.17, 15) is 4.79 Å². The smallest absolute Gasteiger partial charge is 0.228 e. The molecule has 1 aromatic rings.